The fourth-order valence-electron chi connectivity index (χ4n) is 3.18. The minimum atomic E-state index is -3.74. The molecule has 142 valence electrons. The summed E-state index contributed by atoms with van der Waals surface area (Å²) >= 11 is 8.43. The van der Waals surface area contributed by atoms with Crippen LogP contribution >= 0.6 is 34.3 Å². The number of halogens is 1. The molecule has 6 nitrogen and oxygen atoms in total. The molecule has 0 saturated carbocycles. The molecule has 27 heavy (non-hydrogen) atoms. The van der Waals surface area contributed by atoms with Gasteiger partial charge in [0.15, 0.2) is 0 Å². The first-order valence-corrected chi connectivity index (χ1v) is 11.7. The van der Waals surface area contributed by atoms with Crippen molar-refractivity contribution in [2.75, 3.05) is 11.9 Å². The molecule has 1 aliphatic rings. The summed E-state index contributed by atoms with van der Waals surface area (Å²) in [5.74, 6) is -0.320. The summed E-state index contributed by atoms with van der Waals surface area (Å²) in [6, 6.07) is 7.81. The Balaban J connectivity index is 1.56. The molecule has 0 aliphatic carbocycles. The van der Waals surface area contributed by atoms with Crippen LogP contribution in [-0.4, -0.2) is 36.2 Å². The van der Waals surface area contributed by atoms with Gasteiger partial charge in [0, 0.05) is 12.2 Å². The summed E-state index contributed by atoms with van der Waals surface area (Å²) in [7, 11) is -3.74. The van der Waals surface area contributed by atoms with Crippen LogP contribution in [0.2, 0.25) is 4.34 Å². The van der Waals surface area contributed by atoms with Gasteiger partial charge in [0.1, 0.15) is 10.3 Å². The molecule has 4 rings (SSSR count). The van der Waals surface area contributed by atoms with E-state index >= 15 is 0 Å². The van der Waals surface area contributed by atoms with Crippen LogP contribution in [0, 0.1) is 6.92 Å². The van der Waals surface area contributed by atoms with E-state index in [-0.39, 0.29) is 10.1 Å². The van der Waals surface area contributed by atoms with E-state index in [2.05, 4.69) is 10.3 Å². The van der Waals surface area contributed by atoms with Crippen LogP contribution in [0.15, 0.2) is 34.5 Å². The summed E-state index contributed by atoms with van der Waals surface area (Å²) in [5.41, 5.74) is 1.52. The largest absolute Gasteiger partial charge is 0.325 e. The number of nitrogens with one attached hydrogen (secondary N) is 1. The fraction of sp³-hybridized carbons (Fsp3) is 0.294. The number of aryl methyl sites for hydroxylation is 1. The van der Waals surface area contributed by atoms with Crippen LogP contribution in [0.25, 0.3) is 10.2 Å². The first-order chi connectivity index (χ1) is 12.8. The molecular weight excluding hydrogens is 426 g/mol. The van der Waals surface area contributed by atoms with Gasteiger partial charge in [-0.05, 0) is 50.1 Å². The maximum Gasteiger partial charge on any atom is 0.253 e. The number of carbonyl (C=O) groups excluding carboxylic acids is 1. The van der Waals surface area contributed by atoms with Gasteiger partial charge in [-0.2, -0.15) is 4.31 Å². The van der Waals surface area contributed by atoms with E-state index in [0.717, 1.165) is 26.6 Å². The number of hydrogen-bond acceptors (Lipinski definition) is 6. The Morgan fingerprint density at radius 2 is 2.11 bits per heavy atom. The molecule has 1 aliphatic heterocycles. The normalized spacial score (nSPS) is 18.2. The van der Waals surface area contributed by atoms with Crippen molar-refractivity contribution in [3.8, 4) is 0 Å². The number of amides is 1. The number of carbonyl (C=O) groups is 1. The second kappa shape index (κ2) is 7.14. The summed E-state index contributed by atoms with van der Waals surface area (Å²) < 4.78 is 28.6. The zero-order chi connectivity index (χ0) is 19.2. The molecule has 1 aromatic carbocycles. The quantitative estimate of drug-likeness (QED) is 0.660. The molecule has 1 atom stereocenters. The van der Waals surface area contributed by atoms with Crippen LogP contribution in [0.4, 0.5) is 5.69 Å². The Bertz CT molecular complexity index is 1120. The van der Waals surface area contributed by atoms with Crippen LogP contribution in [0.1, 0.15) is 17.8 Å². The third-order valence-corrected chi connectivity index (χ3v) is 8.92. The highest BCUT2D eigenvalue weighted by Crippen LogP contribution is 2.33. The van der Waals surface area contributed by atoms with Crippen molar-refractivity contribution in [3.63, 3.8) is 0 Å². The van der Waals surface area contributed by atoms with E-state index in [1.807, 2.05) is 19.1 Å². The average molecular weight is 442 g/mol. The van der Waals surface area contributed by atoms with Crippen molar-refractivity contribution in [2.45, 2.75) is 30.0 Å². The third kappa shape index (κ3) is 3.62. The number of sulfonamides is 1. The molecule has 0 radical (unpaired) electrons. The highest BCUT2D eigenvalue weighted by Gasteiger charge is 2.40. The van der Waals surface area contributed by atoms with Crippen molar-refractivity contribution >= 4 is 66.1 Å². The van der Waals surface area contributed by atoms with E-state index in [0.29, 0.717) is 29.4 Å². The molecule has 1 fully saturated rings. The van der Waals surface area contributed by atoms with Crippen molar-refractivity contribution in [2.24, 2.45) is 0 Å². The summed E-state index contributed by atoms with van der Waals surface area (Å²) in [5, 5.41) is 3.81. The average Bonchev–Trinajstić information content (AvgIpc) is 3.32. The predicted molar refractivity (Wildman–Crippen MR) is 109 cm³/mol. The number of hydrogen-bond donors (Lipinski definition) is 1. The molecular formula is C17H16ClN3O3S3. The minimum absolute atomic E-state index is 0.161. The third-order valence-electron chi connectivity index (χ3n) is 4.38. The van der Waals surface area contributed by atoms with E-state index < -0.39 is 16.1 Å². The first-order valence-electron chi connectivity index (χ1n) is 8.30. The van der Waals surface area contributed by atoms with Gasteiger partial charge >= 0.3 is 0 Å². The van der Waals surface area contributed by atoms with E-state index in [1.165, 1.54) is 10.4 Å². The van der Waals surface area contributed by atoms with Crippen LogP contribution in [0.3, 0.4) is 0 Å². The Labute approximate surface area is 169 Å². The van der Waals surface area contributed by atoms with E-state index in [1.54, 1.807) is 23.5 Å². The molecule has 3 aromatic rings. The molecule has 3 heterocycles. The van der Waals surface area contributed by atoms with Crippen LogP contribution < -0.4 is 5.32 Å². The van der Waals surface area contributed by atoms with Gasteiger partial charge in [0.05, 0.1) is 19.6 Å². The number of thiazole rings is 1. The summed E-state index contributed by atoms with van der Waals surface area (Å²) in [6.07, 6.45) is 1.13. The first kappa shape index (κ1) is 18.8. The lowest BCUT2D eigenvalue weighted by Gasteiger charge is -2.22. The smallest absolute Gasteiger partial charge is 0.253 e. The van der Waals surface area contributed by atoms with E-state index in [4.69, 9.17) is 11.6 Å². The van der Waals surface area contributed by atoms with Gasteiger partial charge < -0.3 is 5.32 Å². The second-order valence-electron chi connectivity index (χ2n) is 6.24. The van der Waals surface area contributed by atoms with Crippen molar-refractivity contribution in [1.29, 1.82) is 0 Å². The van der Waals surface area contributed by atoms with Gasteiger partial charge in [-0.1, -0.05) is 11.6 Å². The lowest BCUT2D eigenvalue weighted by Crippen LogP contribution is -2.42. The standard InChI is InChI=1S/C17H16ClN3O3S3/c1-10-19-12-5-4-11(9-14(12)25-10)20-17(22)13-3-2-8-21(13)27(23,24)16-7-6-15(18)26-16/h4-7,9,13H,2-3,8H2,1H3,(H,20,22)/t13-/m0/s1. The summed E-state index contributed by atoms with van der Waals surface area (Å²) in [4.78, 5) is 17.2. The number of rotatable bonds is 4. The van der Waals surface area contributed by atoms with Gasteiger partial charge in [-0.15, -0.1) is 22.7 Å². The molecule has 1 saturated heterocycles. The lowest BCUT2D eigenvalue weighted by atomic mass is 10.2. The number of anilines is 1. The zero-order valence-corrected chi connectivity index (χ0v) is 17.5. The van der Waals surface area contributed by atoms with Crippen molar-refractivity contribution in [3.05, 3.63) is 39.7 Å². The maximum absolute atomic E-state index is 12.9. The molecule has 0 unspecified atom stereocenters. The number of nitrogens with zero attached hydrogens (tertiary/aromatic N) is 2. The Morgan fingerprint density at radius 1 is 1.30 bits per heavy atom. The van der Waals surface area contributed by atoms with Gasteiger partial charge in [-0.25, -0.2) is 13.4 Å². The number of thiophene rings is 1. The molecule has 10 heteroatoms. The maximum atomic E-state index is 12.9. The molecule has 1 N–H and O–H groups in total. The van der Waals surface area contributed by atoms with Crippen molar-refractivity contribution in [1.82, 2.24) is 9.29 Å². The molecule has 2 aromatic heterocycles. The monoisotopic (exact) mass is 441 g/mol. The summed E-state index contributed by atoms with van der Waals surface area (Å²) in [6.45, 7) is 2.25. The Kier molecular flexibility index (Phi) is 4.98. The predicted octanol–water partition coefficient (Wildman–Crippen LogP) is 4.11. The zero-order valence-electron chi connectivity index (χ0n) is 14.3. The van der Waals surface area contributed by atoms with Crippen LogP contribution in [-0.2, 0) is 14.8 Å². The van der Waals surface area contributed by atoms with Crippen LogP contribution in [0.5, 0.6) is 0 Å². The Morgan fingerprint density at radius 3 is 2.85 bits per heavy atom. The van der Waals surface area contributed by atoms with Gasteiger partial charge in [-0.3, -0.25) is 4.79 Å². The van der Waals surface area contributed by atoms with Gasteiger partial charge in [0.25, 0.3) is 10.0 Å². The number of fused-ring (bicyclic) bond motifs is 1. The highest BCUT2D eigenvalue weighted by atomic mass is 35.5. The fourth-order valence-corrected chi connectivity index (χ4v) is 7.32. The number of benzene rings is 1. The molecule has 0 spiro atoms. The van der Waals surface area contributed by atoms with Crippen molar-refractivity contribution < 1.29 is 13.2 Å². The van der Waals surface area contributed by atoms with Gasteiger partial charge in [0.2, 0.25) is 5.91 Å². The SMILES string of the molecule is Cc1nc2ccc(NC(=O)[C@@H]3CCCN3S(=O)(=O)c3ccc(Cl)s3)cc2s1. The minimum Gasteiger partial charge on any atom is -0.325 e. The van der Waals surface area contributed by atoms with E-state index in [9.17, 15) is 13.2 Å². The molecule has 0 bridgehead atoms. The molecule has 1 amide bonds. The second-order valence-corrected chi connectivity index (χ2v) is 11.3. The number of aromatic nitrogens is 1. The highest BCUT2D eigenvalue weighted by molar-refractivity contribution is 7.91. The topological polar surface area (TPSA) is 79.4 Å². The Hall–Kier alpha value is -1.52. The lowest BCUT2D eigenvalue weighted by molar-refractivity contribution is -0.119.